The average Bonchev–Trinajstić information content (AvgIpc) is 2.80. The van der Waals surface area contributed by atoms with Crippen LogP contribution in [0.15, 0.2) is 6.07 Å². The van der Waals surface area contributed by atoms with Gasteiger partial charge in [0.15, 0.2) is 11.5 Å². The summed E-state index contributed by atoms with van der Waals surface area (Å²) in [6, 6.07) is 2.38. The quantitative estimate of drug-likeness (QED) is 0.807. The topological polar surface area (TPSA) is 30.5 Å². The normalized spacial score (nSPS) is 18.0. The fourth-order valence-electron chi connectivity index (χ4n) is 2.63. The van der Waals surface area contributed by atoms with Gasteiger partial charge in [-0.3, -0.25) is 0 Å². The molecule has 1 aliphatic rings. The highest BCUT2D eigenvalue weighted by atomic mass is 16.5. The third-order valence-electron chi connectivity index (χ3n) is 3.50. The van der Waals surface area contributed by atoms with Gasteiger partial charge in [0.05, 0.1) is 14.2 Å². The third kappa shape index (κ3) is 2.00. The summed E-state index contributed by atoms with van der Waals surface area (Å²) >= 11 is 0. The second kappa shape index (κ2) is 4.96. The number of nitrogens with one attached hydrogen (secondary N) is 1. The lowest BCUT2D eigenvalue weighted by Gasteiger charge is -2.15. The van der Waals surface area contributed by atoms with Gasteiger partial charge in [0.25, 0.3) is 0 Å². The summed E-state index contributed by atoms with van der Waals surface area (Å²) < 4.78 is 10.9. The van der Waals surface area contributed by atoms with E-state index in [0.717, 1.165) is 30.8 Å². The van der Waals surface area contributed by atoms with Crippen LogP contribution in [-0.2, 0) is 19.3 Å². The molecule has 0 aromatic heterocycles. The molecule has 92 valence electrons. The van der Waals surface area contributed by atoms with E-state index in [0.29, 0.717) is 6.04 Å². The summed E-state index contributed by atoms with van der Waals surface area (Å²) in [4.78, 5) is 0. The molecule has 17 heavy (non-hydrogen) atoms. The molecule has 0 amide bonds. The van der Waals surface area contributed by atoms with Gasteiger partial charge in [0.2, 0.25) is 0 Å². The Kier molecular flexibility index (Phi) is 3.57. The Labute approximate surface area is 103 Å². The number of methoxy groups -OCH3 is 2. The van der Waals surface area contributed by atoms with E-state index in [2.05, 4.69) is 18.3 Å². The number of aryl methyl sites for hydroxylation is 1. The van der Waals surface area contributed by atoms with Gasteiger partial charge in [-0.05, 0) is 36.5 Å². The van der Waals surface area contributed by atoms with Gasteiger partial charge < -0.3 is 14.8 Å². The van der Waals surface area contributed by atoms with E-state index >= 15 is 0 Å². The van der Waals surface area contributed by atoms with E-state index in [-0.39, 0.29) is 0 Å². The molecular formula is C14H19NO2. The molecule has 1 aromatic carbocycles. The molecule has 3 nitrogen and oxygen atoms in total. The van der Waals surface area contributed by atoms with Gasteiger partial charge in [-0.1, -0.05) is 6.92 Å². The Morgan fingerprint density at radius 2 is 2.00 bits per heavy atom. The van der Waals surface area contributed by atoms with Crippen molar-refractivity contribution in [2.75, 3.05) is 14.2 Å². The van der Waals surface area contributed by atoms with Crippen LogP contribution in [0.1, 0.15) is 23.6 Å². The standard InChI is InChI=1S/C14H19NO2/c1-5-9-6-13(16-3)14(17-4)12-8-10(15-2)7-11(9)12/h2,6,10,15H,5,7-8H2,1,3-4H3. The highest BCUT2D eigenvalue weighted by Crippen LogP contribution is 2.40. The van der Waals surface area contributed by atoms with E-state index in [1.807, 2.05) is 0 Å². The second-order valence-corrected chi connectivity index (χ2v) is 4.35. The average molecular weight is 233 g/mol. The molecular weight excluding hydrogens is 214 g/mol. The molecule has 0 saturated heterocycles. The maximum atomic E-state index is 5.54. The summed E-state index contributed by atoms with van der Waals surface area (Å²) in [6.45, 7) is 2.16. The van der Waals surface area contributed by atoms with Gasteiger partial charge in [-0.25, -0.2) is 0 Å². The second-order valence-electron chi connectivity index (χ2n) is 4.35. The number of fused-ring (bicyclic) bond motifs is 1. The maximum Gasteiger partial charge on any atom is 0.164 e. The third-order valence-corrected chi connectivity index (χ3v) is 3.50. The Balaban J connectivity index is 2.53. The minimum Gasteiger partial charge on any atom is -0.493 e. The van der Waals surface area contributed by atoms with Gasteiger partial charge >= 0.3 is 0 Å². The lowest BCUT2D eigenvalue weighted by molar-refractivity contribution is 0.351. The fraction of sp³-hybridized carbons (Fsp3) is 0.500. The van der Waals surface area contributed by atoms with Gasteiger partial charge in [-0.15, -0.1) is 0 Å². The predicted octanol–water partition coefficient (Wildman–Crippen LogP) is 1.99. The maximum absolute atomic E-state index is 5.54. The molecule has 0 spiro atoms. The van der Waals surface area contributed by atoms with Crippen LogP contribution in [0.25, 0.3) is 0 Å². The van der Waals surface area contributed by atoms with Crippen LogP contribution in [0.3, 0.4) is 0 Å². The van der Waals surface area contributed by atoms with Gasteiger partial charge in [-0.2, -0.15) is 0 Å². The van der Waals surface area contributed by atoms with Crippen LogP contribution < -0.4 is 14.8 Å². The molecule has 0 saturated carbocycles. The Bertz CT molecular complexity index is 415. The zero-order valence-electron chi connectivity index (χ0n) is 10.7. The highest BCUT2D eigenvalue weighted by Gasteiger charge is 2.28. The molecule has 1 unspecified atom stereocenters. The largest absolute Gasteiger partial charge is 0.493 e. The van der Waals surface area contributed by atoms with E-state index in [1.165, 1.54) is 16.7 Å². The van der Waals surface area contributed by atoms with Gasteiger partial charge in [0, 0.05) is 18.7 Å². The van der Waals surface area contributed by atoms with Crippen molar-refractivity contribution in [2.45, 2.75) is 32.2 Å². The number of benzene rings is 1. The van der Waals surface area contributed by atoms with Crippen LogP contribution in [0.4, 0.5) is 0 Å². The van der Waals surface area contributed by atoms with E-state index in [4.69, 9.17) is 16.5 Å². The number of ether oxygens (including phenoxy) is 2. The van der Waals surface area contributed by atoms with Crippen LogP contribution in [0.5, 0.6) is 11.5 Å². The SMILES string of the molecule is [CH]NC1Cc2c(CC)cc(OC)c(OC)c2C1. The van der Waals surface area contributed by atoms with E-state index < -0.39 is 0 Å². The van der Waals surface area contributed by atoms with Crippen molar-refractivity contribution < 1.29 is 9.47 Å². The number of hydrogen-bond acceptors (Lipinski definition) is 3. The molecule has 0 bridgehead atoms. The summed E-state index contributed by atoms with van der Waals surface area (Å²) in [5.74, 6) is 1.68. The molecule has 2 rings (SSSR count). The first-order valence-corrected chi connectivity index (χ1v) is 5.96. The van der Waals surface area contributed by atoms with Crippen molar-refractivity contribution in [3.8, 4) is 11.5 Å². The van der Waals surface area contributed by atoms with Crippen molar-refractivity contribution in [1.82, 2.24) is 5.32 Å². The van der Waals surface area contributed by atoms with Crippen LogP contribution in [0.2, 0.25) is 0 Å². The zero-order chi connectivity index (χ0) is 12.4. The summed E-state index contributed by atoms with van der Waals surface area (Å²) in [5, 5.41) is 2.85. The minimum atomic E-state index is 0.302. The minimum absolute atomic E-state index is 0.302. The van der Waals surface area contributed by atoms with E-state index in [1.54, 1.807) is 14.2 Å². The Hall–Kier alpha value is -1.22. The monoisotopic (exact) mass is 233 g/mol. The van der Waals surface area contributed by atoms with Crippen LogP contribution >= 0.6 is 0 Å². The number of rotatable bonds is 4. The van der Waals surface area contributed by atoms with Crippen LogP contribution in [0, 0.1) is 7.05 Å². The van der Waals surface area contributed by atoms with E-state index in [9.17, 15) is 0 Å². The van der Waals surface area contributed by atoms with Crippen LogP contribution in [-0.4, -0.2) is 20.3 Å². The fourth-order valence-corrected chi connectivity index (χ4v) is 2.63. The first kappa shape index (κ1) is 12.2. The molecule has 0 fully saturated rings. The Morgan fingerprint density at radius 1 is 1.29 bits per heavy atom. The van der Waals surface area contributed by atoms with Crippen molar-refractivity contribution in [3.63, 3.8) is 0 Å². The molecule has 3 heteroatoms. The molecule has 1 N–H and O–H groups in total. The number of hydrogen-bond donors (Lipinski definition) is 1. The molecule has 2 radical (unpaired) electrons. The van der Waals surface area contributed by atoms with Crippen molar-refractivity contribution >= 4 is 0 Å². The molecule has 1 atom stereocenters. The van der Waals surface area contributed by atoms with Gasteiger partial charge in [0.1, 0.15) is 0 Å². The summed E-state index contributed by atoms with van der Waals surface area (Å²) in [7, 11) is 8.91. The summed E-state index contributed by atoms with van der Waals surface area (Å²) in [6.07, 6.45) is 2.87. The zero-order valence-corrected chi connectivity index (χ0v) is 10.7. The smallest absolute Gasteiger partial charge is 0.164 e. The first-order chi connectivity index (χ1) is 8.24. The van der Waals surface area contributed by atoms with Crippen molar-refractivity contribution in [1.29, 1.82) is 0 Å². The van der Waals surface area contributed by atoms with Crippen molar-refractivity contribution in [2.24, 2.45) is 0 Å². The molecule has 0 aliphatic heterocycles. The van der Waals surface area contributed by atoms with Crippen molar-refractivity contribution in [3.05, 3.63) is 29.8 Å². The lowest BCUT2D eigenvalue weighted by atomic mass is 10.00. The summed E-state index contributed by atoms with van der Waals surface area (Å²) in [5.41, 5.74) is 3.94. The Morgan fingerprint density at radius 3 is 2.53 bits per heavy atom. The molecule has 1 aliphatic carbocycles. The molecule has 0 heterocycles. The molecule has 1 aromatic rings. The predicted molar refractivity (Wildman–Crippen MR) is 67.6 cm³/mol. The lowest BCUT2D eigenvalue weighted by Crippen LogP contribution is -2.23. The first-order valence-electron chi connectivity index (χ1n) is 5.96. The highest BCUT2D eigenvalue weighted by molar-refractivity contribution is 5.57.